The van der Waals surface area contributed by atoms with Gasteiger partial charge in [0.05, 0.1) is 11.9 Å². The van der Waals surface area contributed by atoms with Gasteiger partial charge in [0.1, 0.15) is 5.71 Å². The van der Waals surface area contributed by atoms with E-state index in [1.54, 1.807) is 12.4 Å². The number of fused-ring (bicyclic) bond motifs is 1. The van der Waals surface area contributed by atoms with Gasteiger partial charge in [-0.15, -0.1) is 0 Å². The molecule has 0 radical (unpaired) electrons. The van der Waals surface area contributed by atoms with E-state index in [9.17, 15) is 4.79 Å². The zero-order chi connectivity index (χ0) is 9.26. The zero-order valence-electron chi connectivity index (χ0n) is 6.82. The van der Waals surface area contributed by atoms with E-state index in [1.807, 2.05) is 6.07 Å². The molecule has 0 bridgehead atoms. The first-order valence-corrected chi connectivity index (χ1v) is 3.82. The highest BCUT2D eigenvalue weighted by Gasteiger charge is 2.15. The number of anilines is 1. The van der Waals surface area contributed by atoms with E-state index < -0.39 is 5.91 Å². The first-order chi connectivity index (χ1) is 6.27. The highest BCUT2D eigenvalue weighted by molar-refractivity contribution is 6.39. The standard InChI is InChI=1S/C8H8N4O/c9-8(13)6-3-5-1-2-10-4-7(5)12-11-6/h1-2,4,12H,3H2,(H2,9,13). The number of hydrazone groups is 1. The molecule has 0 saturated heterocycles. The Morgan fingerprint density at radius 3 is 3.23 bits per heavy atom. The molecular formula is C8H8N4O. The third-order valence-corrected chi connectivity index (χ3v) is 1.87. The number of hydrogen-bond donors (Lipinski definition) is 2. The molecule has 0 fully saturated rings. The molecule has 3 N–H and O–H groups in total. The Hall–Kier alpha value is -1.91. The molecule has 13 heavy (non-hydrogen) atoms. The van der Waals surface area contributed by atoms with Crippen LogP contribution < -0.4 is 11.2 Å². The highest BCUT2D eigenvalue weighted by atomic mass is 16.1. The van der Waals surface area contributed by atoms with Gasteiger partial charge in [-0.1, -0.05) is 0 Å². The lowest BCUT2D eigenvalue weighted by atomic mass is 10.1. The van der Waals surface area contributed by atoms with Gasteiger partial charge in [-0.3, -0.25) is 15.2 Å². The Labute approximate surface area is 74.7 Å². The maximum atomic E-state index is 10.8. The molecular weight excluding hydrogens is 168 g/mol. The van der Waals surface area contributed by atoms with E-state index in [1.165, 1.54) is 0 Å². The topological polar surface area (TPSA) is 80.4 Å². The minimum atomic E-state index is -0.491. The summed E-state index contributed by atoms with van der Waals surface area (Å²) in [6, 6.07) is 1.83. The number of nitrogens with two attached hydrogens (primary N) is 1. The van der Waals surface area contributed by atoms with Crippen molar-refractivity contribution in [2.75, 3.05) is 5.43 Å². The van der Waals surface area contributed by atoms with Crippen LogP contribution in [0.25, 0.3) is 0 Å². The number of rotatable bonds is 1. The lowest BCUT2D eigenvalue weighted by Crippen LogP contribution is -2.28. The zero-order valence-corrected chi connectivity index (χ0v) is 6.82. The summed E-state index contributed by atoms with van der Waals surface area (Å²) in [4.78, 5) is 14.7. The number of primary amides is 1. The van der Waals surface area contributed by atoms with E-state index >= 15 is 0 Å². The number of carbonyl (C=O) groups excluding carboxylic acids is 1. The Kier molecular flexibility index (Phi) is 1.70. The highest BCUT2D eigenvalue weighted by Crippen LogP contribution is 2.17. The van der Waals surface area contributed by atoms with Crippen molar-refractivity contribution in [2.24, 2.45) is 10.8 Å². The molecule has 0 spiro atoms. The molecule has 1 amide bonds. The Bertz CT molecular complexity index is 385. The van der Waals surface area contributed by atoms with Crippen molar-refractivity contribution in [1.29, 1.82) is 0 Å². The van der Waals surface area contributed by atoms with Crippen molar-refractivity contribution in [2.45, 2.75) is 6.42 Å². The van der Waals surface area contributed by atoms with Gasteiger partial charge >= 0.3 is 0 Å². The molecule has 0 aliphatic carbocycles. The fourth-order valence-corrected chi connectivity index (χ4v) is 1.17. The lowest BCUT2D eigenvalue weighted by molar-refractivity contribution is -0.112. The summed E-state index contributed by atoms with van der Waals surface area (Å²) in [6.45, 7) is 0. The Balaban J connectivity index is 2.33. The van der Waals surface area contributed by atoms with Gasteiger partial charge in [0.25, 0.3) is 5.91 Å². The Morgan fingerprint density at radius 2 is 2.46 bits per heavy atom. The molecule has 1 aliphatic rings. The van der Waals surface area contributed by atoms with E-state index in [2.05, 4.69) is 15.5 Å². The van der Waals surface area contributed by atoms with Crippen molar-refractivity contribution >= 4 is 17.3 Å². The van der Waals surface area contributed by atoms with E-state index in [-0.39, 0.29) is 0 Å². The third-order valence-electron chi connectivity index (χ3n) is 1.87. The number of hydrogen-bond acceptors (Lipinski definition) is 4. The molecule has 1 aromatic heterocycles. The molecule has 5 nitrogen and oxygen atoms in total. The SMILES string of the molecule is NC(=O)C1=NNc2cnccc2C1. The lowest BCUT2D eigenvalue weighted by Gasteiger charge is -2.13. The quantitative estimate of drug-likeness (QED) is 0.626. The van der Waals surface area contributed by atoms with Crippen LogP contribution in [0, 0.1) is 0 Å². The summed E-state index contributed by atoms with van der Waals surface area (Å²) in [5.41, 5.74) is 9.98. The number of pyridine rings is 1. The molecule has 1 aromatic rings. The number of nitrogens with zero attached hydrogens (tertiary/aromatic N) is 2. The normalized spacial score (nSPS) is 14.0. The molecule has 5 heteroatoms. The maximum absolute atomic E-state index is 10.8. The van der Waals surface area contributed by atoms with Gasteiger partial charge in [-0.2, -0.15) is 5.10 Å². The van der Waals surface area contributed by atoms with E-state index in [0.717, 1.165) is 11.3 Å². The molecule has 66 valence electrons. The molecule has 2 heterocycles. The van der Waals surface area contributed by atoms with Crippen LogP contribution in [0.3, 0.4) is 0 Å². The van der Waals surface area contributed by atoms with Crippen LogP contribution in [0.1, 0.15) is 5.56 Å². The van der Waals surface area contributed by atoms with Crippen molar-refractivity contribution in [1.82, 2.24) is 4.98 Å². The van der Waals surface area contributed by atoms with Crippen molar-refractivity contribution in [3.05, 3.63) is 24.0 Å². The van der Waals surface area contributed by atoms with Crippen LogP contribution in [0.15, 0.2) is 23.6 Å². The molecule has 2 rings (SSSR count). The number of nitrogens with one attached hydrogen (secondary N) is 1. The summed E-state index contributed by atoms with van der Waals surface area (Å²) < 4.78 is 0. The van der Waals surface area contributed by atoms with Crippen LogP contribution in [0.2, 0.25) is 0 Å². The monoisotopic (exact) mass is 176 g/mol. The minimum absolute atomic E-state index is 0.346. The summed E-state index contributed by atoms with van der Waals surface area (Å²) >= 11 is 0. The van der Waals surface area contributed by atoms with Gasteiger partial charge in [-0.05, 0) is 11.6 Å². The number of amides is 1. The van der Waals surface area contributed by atoms with E-state index in [4.69, 9.17) is 5.73 Å². The van der Waals surface area contributed by atoms with Crippen LogP contribution in [-0.4, -0.2) is 16.6 Å². The largest absolute Gasteiger partial charge is 0.364 e. The summed E-state index contributed by atoms with van der Waals surface area (Å²) in [5, 5.41) is 3.82. The summed E-state index contributed by atoms with van der Waals surface area (Å²) in [5.74, 6) is -0.491. The van der Waals surface area contributed by atoms with Crippen molar-refractivity contribution in [3.63, 3.8) is 0 Å². The van der Waals surface area contributed by atoms with Crippen molar-refractivity contribution < 1.29 is 4.79 Å². The first-order valence-electron chi connectivity index (χ1n) is 3.82. The summed E-state index contributed by atoms with van der Waals surface area (Å²) in [6.07, 6.45) is 3.81. The third kappa shape index (κ3) is 1.35. The predicted molar refractivity (Wildman–Crippen MR) is 48.2 cm³/mol. The van der Waals surface area contributed by atoms with Crippen LogP contribution in [0.5, 0.6) is 0 Å². The summed E-state index contributed by atoms with van der Waals surface area (Å²) in [7, 11) is 0. The molecule has 0 unspecified atom stereocenters. The van der Waals surface area contributed by atoms with Crippen LogP contribution in [-0.2, 0) is 11.2 Å². The minimum Gasteiger partial charge on any atom is -0.364 e. The average Bonchev–Trinajstić information content (AvgIpc) is 2.17. The van der Waals surface area contributed by atoms with E-state index in [0.29, 0.717) is 12.1 Å². The second-order valence-corrected chi connectivity index (χ2v) is 2.74. The van der Waals surface area contributed by atoms with Crippen LogP contribution >= 0.6 is 0 Å². The Morgan fingerprint density at radius 1 is 1.62 bits per heavy atom. The van der Waals surface area contributed by atoms with Gasteiger partial charge < -0.3 is 5.73 Å². The number of aromatic nitrogens is 1. The fraction of sp³-hybridized carbons (Fsp3) is 0.125. The van der Waals surface area contributed by atoms with Crippen molar-refractivity contribution in [3.8, 4) is 0 Å². The number of carbonyl (C=O) groups is 1. The van der Waals surface area contributed by atoms with Crippen LogP contribution in [0.4, 0.5) is 5.69 Å². The fourth-order valence-electron chi connectivity index (χ4n) is 1.17. The smallest absolute Gasteiger partial charge is 0.265 e. The molecule has 0 aromatic carbocycles. The molecule has 0 saturated carbocycles. The van der Waals surface area contributed by atoms with Gasteiger partial charge in [0.2, 0.25) is 0 Å². The molecule has 0 atom stereocenters. The second kappa shape index (κ2) is 2.85. The molecule has 1 aliphatic heterocycles. The maximum Gasteiger partial charge on any atom is 0.265 e. The van der Waals surface area contributed by atoms with Gasteiger partial charge in [-0.25, -0.2) is 0 Å². The van der Waals surface area contributed by atoms with Gasteiger partial charge in [0.15, 0.2) is 0 Å². The average molecular weight is 176 g/mol. The second-order valence-electron chi connectivity index (χ2n) is 2.74. The predicted octanol–water partition coefficient (Wildman–Crippen LogP) is -0.109. The first kappa shape index (κ1) is 7.72. The van der Waals surface area contributed by atoms with Gasteiger partial charge in [0, 0.05) is 12.6 Å².